The monoisotopic (exact) mass is 355 g/mol. The Kier molecular flexibility index (Phi) is 3.23. The average molecular weight is 357 g/mol. The first kappa shape index (κ1) is 14.1. The van der Waals surface area contributed by atoms with Gasteiger partial charge in [0.15, 0.2) is 0 Å². The van der Waals surface area contributed by atoms with Gasteiger partial charge in [-0.15, -0.1) is 0 Å². The summed E-state index contributed by atoms with van der Waals surface area (Å²) in [6.45, 7) is 0. The zero-order valence-corrected chi connectivity index (χ0v) is 13.2. The molecule has 0 radical (unpaired) electrons. The van der Waals surface area contributed by atoms with Gasteiger partial charge in [0.25, 0.3) is 0 Å². The molecule has 1 fully saturated rings. The van der Waals surface area contributed by atoms with E-state index in [2.05, 4.69) is 22.0 Å². The van der Waals surface area contributed by atoms with Crippen molar-refractivity contribution >= 4 is 39.6 Å². The van der Waals surface area contributed by atoms with Crippen LogP contribution in [0, 0.1) is 0 Å². The maximum absolute atomic E-state index is 11.3. The molecule has 0 atom stereocenters. The molecule has 1 spiro atoms. The van der Waals surface area contributed by atoms with Crippen LogP contribution in [0.5, 0.6) is 0 Å². The molecule has 1 aromatic carbocycles. The van der Waals surface area contributed by atoms with Crippen LogP contribution in [-0.2, 0) is 10.2 Å². The average Bonchev–Trinajstić information content (AvgIpc) is 2.65. The van der Waals surface area contributed by atoms with Crippen molar-refractivity contribution in [2.45, 2.75) is 36.6 Å². The van der Waals surface area contributed by atoms with E-state index in [0.717, 1.165) is 22.9 Å². The number of aliphatic carboxylic acids is 1. The number of carboxylic acid groups (broad SMARTS) is 1. The van der Waals surface area contributed by atoms with Gasteiger partial charge >= 0.3 is 5.97 Å². The fourth-order valence-corrected chi connectivity index (χ4v) is 4.37. The van der Waals surface area contributed by atoms with E-state index in [9.17, 15) is 9.90 Å². The quantitative estimate of drug-likeness (QED) is 0.807. The van der Waals surface area contributed by atoms with E-state index in [1.807, 2.05) is 18.2 Å². The normalized spacial score (nSPS) is 32.0. The van der Waals surface area contributed by atoms with Crippen LogP contribution >= 0.6 is 27.5 Å². The van der Waals surface area contributed by atoms with Crippen molar-refractivity contribution in [1.29, 1.82) is 0 Å². The molecule has 5 heteroatoms. The van der Waals surface area contributed by atoms with Crippen LogP contribution in [0.2, 0.25) is 5.02 Å². The zero-order valence-electron chi connectivity index (χ0n) is 10.8. The summed E-state index contributed by atoms with van der Waals surface area (Å²) in [7, 11) is 0. The summed E-state index contributed by atoms with van der Waals surface area (Å²) in [5.41, 5.74) is 7.11. The van der Waals surface area contributed by atoms with Gasteiger partial charge in [0.05, 0.1) is 0 Å². The first-order valence-electron chi connectivity index (χ1n) is 6.57. The second kappa shape index (κ2) is 4.58. The van der Waals surface area contributed by atoms with Gasteiger partial charge < -0.3 is 10.8 Å². The maximum Gasteiger partial charge on any atom is 0.323 e. The molecular weight excluding hydrogens is 342 g/mol. The Morgan fingerprint density at radius 1 is 1.30 bits per heavy atom. The van der Waals surface area contributed by atoms with Crippen molar-refractivity contribution in [3.8, 4) is 0 Å². The highest BCUT2D eigenvalue weighted by molar-refractivity contribution is 9.11. The van der Waals surface area contributed by atoms with Crippen LogP contribution in [0.4, 0.5) is 0 Å². The van der Waals surface area contributed by atoms with Crippen molar-refractivity contribution < 1.29 is 9.90 Å². The number of hydrogen-bond acceptors (Lipinski definition) is 2. The Morgan fingerprint density at radius 3 is 2.55 bits per heavy atom. The molecule has 0 aliphatic heterocycles. The van der Waals surface area contributed by atoms with Gasteiger partial charge in [-0.1, -0.05) is 33.6 Å². The third kappa shape index (κ3) is 1.93. The third-order valence-corrected chi connectivity index (χ3v) is 5.91. The fraction of sp³-hybridized carbons (Fsp3) is 0.400. The van der Waals surface area contributed by atoms with E-state index in [1.54, 1.807) is 0 Å². The van der Waals surface area contributed by atoms with Gasteiger partial charge in [0.1, 0.15) is 5.54 Å². The summed E-state index contributed by atoms with van der Waals surface area (Å²) in [6.07, 6.45) is 4.52. The lowest BCUT2D eigenvalue weighted by Gasteiger charge is -2.42. The molecule has 2 aliphatic rings. The van der Waals surface area contributed by atoms with Gasteiger partial charge in [-0.25, -0.2) is 0 Å². The lowest BCUT2D eigenvalue weighted by Crippen LogP contribution is -2.53. The summed E-state index contributed by atoms with van der Waals surface area (Å²) < 4.78 is 1.11. The zero-order chi connectivity index (χ0) is 14.5. The summed E-state index contributed by atoms with van der Waals surface area (Å²) >= 11 is 9.71. The van der Waals surface area contributed by atoms with Gasteiger partial charge in [0, 0.05) is 14.9 Å². The Balaban J connectivity index is 1.97. The predicted octanol–water partition coefficient (Wildman–Crippen LogP) is 3.68. The summed E-state index contributed by atoms with van der Waals surface area (Å²) in [5.74, 6) is -0.901. The lowest BCUT2D eigenvalue weighted by atomic mass is 9.65. The first-order chi connectivity index (χ1) is 9.37. The highest BCUT2D eigenvalue weighted by atomic mass is 79.9. The molecule has 3 N–H and O–H groups in total. The van der Waals surface area contributed by atoms with Crippen molar-refractivity contribution in [2.24, 2.45) is 5.73 Å². The maximum atomic E-state index is 11.3. The molecule has 0 bridgehead atoms. The van der Waals surface area contributed by atoms with Gasteiger partial charge in [-0.2, -0.15) is 0 Å². The molecule has 2 aliphatic carbocycles. The summed E-state index contributed by atoms with van der Waals surface area (Å²) in [5, 5.41) is 9.97. The van der Waals surface area contributed by atoms with Crippen LogP contribution in [0.25, 0.3) is 6.08 Å². The second-order valence-electron chi connectivity index (χ2n) is 5.77. The van der Waals surface area contributed by atoms with Crippen molar-refractivity contribution in [1.82, 2.24) is 0 Å². The van der Waals surface area contributed by atoms with Gasteiger partial charge in [-0.05, 0) is 55.0 Å². The second-order valence-corrected chi connectivity index (χ2v) is 7.06. The standard InChI is InChI=1S/C15H15BrClNO2/c16-12-8-9-7-10(17)1-2-11(9)14(12)3-5-15(18,6-4-14)13(19)20/h1-2,7-8H,3-6,18H2,(H,19,20). The van der Waals surface area contributed by atoms with E-state index >= 15 is 0 Å². The minimum atomic E-state index is -1.09. The van der Waals surface area contributed by atoms with E-state index in [1.165, 1.54) is 5.56 Å². The number of carboxylic acids is 1. The number of hydrogen-bond donors (Lipinski definition) is 2. The smallest absolute Gasteiger partial charge is 0.323 e. The first-order valence-corrected chi connectivity index (χ1v) is 7.74. The molecular formula is C15H15BrClNO2. The van der Waals surface area contributed by atoms with Crippen LogP contribution in [0.15, 0.2) is 22.7 Å². The lowest BCUT2D eigenvalue weighted by molar-refractivity contribution is -0.145. The molecule has 0 unspecified atom stereocenters. The highest BCUT2D eigenvalue weighted by Crippen LogP contribution is 2.54. The molecule has 1 saturated carbocycles. The van der Waals surface area contributed by atoms with Crippen LogP contribution in [0.3, 0.4) is 0 Å². The SMILES string of the molecule is NC1(C(=O)O)CCC2(CC1)C(Br)=Cc1cc(Cl)ccc12. The number of halogens is 2. The van der Waals surface area contributed by atoms with Gasteiger partial charge in [-0.3, -0.25) is 4.79 Å². The third-order valence-electron chi connectivity index (χ3n) is 4.69. The highest BCUT2D eigenvalue weighted by Gasteiger charge is 2.49. The van der Waals surface area contributed by atoms with Crippen LogP contribution in [0.1, 0.15) is 36.8 Å². The Labute approximate surface area is 130 Å². The largest absolute Gasteiger partial charge is 0.480 e. The number of benzene rings is 1. The molecule has 3 nitrogen and oxygen atoms in total. The van der Waals surface area contributed by atoms with Crippen molar-refractivity contribution in [3.05, 3.63) is 38.8 Å². The number of fused-ring (bicyclic) bond motifs is 2. The van der Waals surface area contributed by atoms with E-state index in [-0.39, 0.29) is 5.41 Å². The molecule has 0 heterocycles. The van der Waals surface area contributed by atoms with Crippen molar-refractivity contribution in [2.75, 3.05) is 0 Å². The minimum Gasteiger partial charge on any atom is -0.480 e. The Bertz CT molecular complexity index is 618. The number of rotatable bonds is 1. The molecule has 20 heavy (non-hydrogen) atoms. The van der Waals surface area contributed by atoms with Crippen molar-refractivity contribution in [3.63, 3.8) is 0 Å². The molecule has 0 saturated heterocycles. The Hall–Kier alpha value is -0.840. The number of allylic oxidation sites excluding steroid dienone is 1. The minimum absolute atomic E-state index is 0.127. The predicted molar refractivity (Wildman–Crippen MR) is 83.1 cm³/mol. The molecule has 1 aromatic rings. The van der Waals surface area contributed by atoms with E-state index < -0.39 is 11.5 Å². The molecule has 3 rings (SSSR count). The summed E-state index contributed by atoms with van der Waals surface area (Å²) in [6, 6.07) is 5.89. The molecule has 0 aromatic heterocycles. The summed E-state index contributed by atoms with van der Waals surface area (Å²) in [4.78, 5) is 11.3. The number of carbonyl (C=O) groups is 1. The topological polar surface area (TPSA) is 63.3 Å². The molecule has 0 amide bonds. The Morgan fingerprint density at radius 2 is 1.95 bits per heavy atom. The van der Waals surface area contributed by atoms with Crippen LogP contribution < -0.4 is 5.73 Å². The fourth-order valence-electron chi connectivity index (χ4n) is 3.34. The van der Waals surface area contributed by atoms with Gasteiger partial charge in [0.2, 0.25) is 0 Å². The molecule has 106 valence electrons. The number of nitrogens with two attached hydrogens (primary N) is 1. The van der Waals surface area contributed by atoms with E-state index in [4.69, 9.17) is 17.3 Å². The van der Waals surface area contributed by atoms with E-state index in [0.29, 0.717) is 17.9 Å². The van der Waals surface area contributed by atoms with Crippen LogP contribution in [-0.4, -0.2) is 16.6 Å².